The third-order valence-electron chi connectivity index (χ3n) is 2.66. The van der Waals surface area contributed by atoms with Crippen molar-refractivity contribution in [3.63, 3.8) is 0 Å². The monoisotopic (exact) mass is 292 g/mol. The van der Waals surface area contributed by atoms with Gasteiger partial charge in [0, 0.05) is 6.07 Å². The van der Waals surface area contributed by atoms with Crippen molar-refractivity contribution in [3.8, 4) is 11.5 Å². The van der Waals surface area contributed by atoms with Crippen LogP contribution in [0.3, 0.4) is 0 Å². The number of nitro groups is 1. The molecule has 0 unspecified atom stereocenters. The normalized spacial score (nSPS) is 10.1. The number of halogens is 1. The number of aromatic hydroxyl groups is 2. The van der Waals surface area contributed by atoms with Gasteiger partial charge in [0.2, 0.25) is 0 Å². The molecule has 3 N–H and O–H groups in total. The van der Waals surface area contributed by atoms with Gasteiger partial charge in [0.25, 0.3) is 11.6 Å². The molecule has 0 spiro atoms. The molecule has 0 radical (unpaired) electrons. The summed E-state index contributed by atoms with van der Waals surface area (Å²) in [5.41, 5.74) is -1.09. The van der Waals surface area contributed by atoms with E-state index in [4.69, 9.17) is 0 Å². The first-order chi connectivity index (χ1) is 9.90. The van der Waals surface area contributed by atoms with Gasteiger partial charge in [0.05, 0.1) is 16.7 Å². The van der Waals surface area contributed by atoms with Gasteiger partial charge in [-0.3, -0.25) is 14.9 Å². The maximum atomic E-state index is 13.5. The van der Waals surface area contributed by atoms with Crippen LogP contribution >= 0.6 is 0 Å². The number of phenols is 2. The van der Waals surface area contributed by atoms with E-state index in [1.54, 1.807) is 0 Å². The minimum Gasteiger partial charge on any atom is -0.507 e. The maximum Gasteiger partial charge on any atom is 0.273 e. The Balaban J connectivity index is 2.30. The van der Waals surface area contributed by atoms with Crippen LogP contribution in [0, 0.1) is 15.9 Å². The number of rotatable bonds is 3. The molecule has 8 heteroatoms. The van der Waals surface area contributed by atoms with Gasteiger partial charge in [-0.2, -0.15) is 0 Å². The van der Waals surface area contributed by atoms with E-state index in [9.17, 15) is 29.5 Å². The van der Waals surface area contributed by atoms with Crippen LogP contribution in [0.2, 0.25) is 0 Å². The molecule has 0 aliphatic rings. The van der Waals surface area contributed by atoms with Gasteiger partial charge >= 0.3 is 0 Å². The number of hydrogen-bond donors (Lipinski definition) is 3. The Bertz CT molecular complexity index is 712. The highest BCUT2D eigenvalue weighted by atomic mass is 19.1. The summed E-state index contributed by atoms with van der Waals surface area (Å²) < 4.78 is 13.5. The predicted octanol–water partition coefficient (Wildman–Crippen LogP) is 2.40. The second-order valence-electron chi connectivity index (χ2n) is 4.05. The number of nitrogens with zero attached hydrogens (tertiary/aromatic N) is 1. The zero-order valence-corrected chi connectivity index (χ0v) is 10.4. The van der Waals surface area contributed by atoms with Crippen molar-refractivity contribution in [1.82, 2.24) is 0 Å². The molecule has 0 aliphatic heterocycles. The van der Waals surface area contributed by atoms with Crippen LogP contribution in [0.4, 0.5) is 15.8 Å². The third-order valence-corrected chi connectivity index (χ3v) is 2.66. The summed E-state index contributed by atoms with van der Waals surface area (Å²) in [6, 6.07) is 6.36. The molecule has 0 heterocycles. The van der Waals surface area contributed by atoms with E-state index >= 15 is 0 Å². The van der Waals surface area contributed by atoms with Crippen molar-refractivity contribution in [2.24, 2.45) is 0 Å². The molecule has 0 bridgehead atoms. The summed E-state index contributed by atoms with van der Waals surface area (Å²) in [7, 11) is 0. The van der Waals surface area contributed by atoms with E-state index in [2.05, 4.69) is 5.32 Å². The molecule has 21 heavy (non-hydrogen) atoms. The van der Waals surface area contributed by atoms with Crippen LogP contribution in [-0.4, -0.2) is 21.0 Å². The molecule has 0 atom stereocenters. The number of non-ortho nitro benzene ring substituents is 1. The van der Waals surface area contributed by atoms with E-state index < -0.39 is 33.7 Å². The second kappa shape index (κ2) is 5.45. The SMILES string of the molecule is O=C(Nc1ccc([N+](=O)[O-])cc1O)c1c(O)cccc1F. The van der Waals surface area contributed by atoms with E-state index in [0.717, 1.165) is 30.3 Å². The Morgan fingerprint density at radius 3 is 2.48 bits per heavy atom. The highest BCUT2D eigenvalue weighted by Crippen LogP contribution is 2.29. The zero-order chi connectivity index (χ0) is 15.6. The Morgan fingerprint density at radius 2 is 1.90 bits per heavy atom. The second-order valence-corrected chi connectivity index (χ2v) is 4.05. The molecule has 108 valence electrons. The van der Waals surface area contributed by atoms with E-state index in [1.165, 1.54) is 6.07 Å². The zero-order valence-electron chi connectivity index (χ0n) is 10.4. The van der Waals surface area contributed by atoms with Gasteiger partial charge in [0.15, 0.2) is 0 Å². The first-order valence-electron chi connectivity index (χ1n) is 5.66. The van der Waals surface area contributed by atoms with E-state index in [0.29, 0.717) is 0 Å². The van der Waals surface area contributed by atoms with Gasteiger partial charge in [-0.1, -0.05) is 6.07 Å². The quantitative estimate of drug-likeness (QED) is 0.456. The van der Waals surface area contributed by atoms with Crippen LogP contribution in [0.5, 0.6) is 11.5 Å². The highest BCUT2D eigenvalue weighted by molar-refractivity contribution is 6.07. The molecule has 0 saturated carbocycles. The Kier molecular flexibility index (Phi) is 3.70. The molecule has 0 aliphatic carbocycles. The molecule has 2 aromatic carbocycles. The van der Waals surface area contributed by atoms with Crippen LogP contribution in [0.1, 0.15) is 10.4 Å². The lowest BCUT2D eigenvalue weighted by Crippen LogP contribution is -2.14. The number of hydrogen-bond acceptors (Lipinski definition) is 5. The fourth-order valence-electron chi connectivity index (χ4n) is 1.66. The number of anilines is 1. The van der Waals surface area contributed by atoms with Crippen LogP contribution in [0.25, 0.3) is 0 Å². The number of phenolic OH excluding ortho intramolecular Hbond substituents is 2. The first kappa shape index (κ1) is 14.3. The minimum atomic E-state index is -0.991. The van der Waals surface area contributed by atoms with Crippen molar-refractivity contribution in [2.45, 2.75) is 0 Å². The number of benzene rings is 2. The smallest absolute Gasteiger partial charge is 0.273 e. The Hall–Kier alpha value is -3.16. The van der Waals surface area contributed by atoms with Gasteiger partial charge in [-0.05, 0) is 18.2 Å². The number of amides is 1. The van der Waals surface area contributed by atoms with Gasteiger partial charge in [0.1, 0.15) is 22.9 Å². The third kappa shape index (κ3) is 2.89. The van der Waals surface area contributed by atoms with Crippen molar-refractivity contribution in [2.75, 3.05) is 5.32 Å². The number of carbonyl (C=O) groups is 1. The summed E-state index contributed by atoms with van der Waals surface area (Å²) in [6.07, 6.45) is 0. The Morgan fingerprint density at radius 1 is 1.19 bits per heavy atom. The molecule has 7 nitrogen and oxygen atoms in total. The van der Waals surface area contributed by atoms with Crippen molar-refractivity contribution in [1.29, 1.82) is 0 Å². The van der Waals surface area contributed by atoms with Crippen molar-refractivity contribution >= 4 is 17.3 Å². The highest BCUT2D eigenvalue weighted by Gasteiger charge is 2.18. The lowest BCUT2D eigenvalue weighted by molar-refractivity contribution is -0.384. The maximum absolute atomic E-state index is 13.5. The van der Waals surface area contributed by atoms with Crippen LogP contribution in [-0.2, 0) is 0 Å². The average Bonchev–Trinajstić information content (AvgIpc) is 2.40. The van der Waals surface area contributed by atoms with Gasteiger partial charge in [-0.25, -0.2) is 4.39 Å². The van der Waals surface area contributed by atoms with E-state index in [-0.39, 0.29) is 11.4 Å². The standard InChI is InChI=1S/C13H9FN2O5/c14-8-2-1-3-10(17)12(8)13(19)15-9-5-4-7(16(20)21)6-11(9)18/h1-6,17-18H,(H,15,19). The van der Waals surface area contributed by atoms with Crippen LogP contribution in [0.15, 0.2) is 36.4 Å². The average molecular weight is 292 g/mol. The topological polar surface area (TPSA) is 113 Å². The minimum absolute atomic E-state index is 0.145. The summed E-state index contributed by atoms with van der Waals surface area (Å²) >= 11 is 0. The van der Waals surface area contributed by atoms with Gasteiger partial charge < -0.3 is 15.5 Å². The Labute approximate surface area is 117 Å². The largest absolute Gasteiger partial charge is 0.507 e. The molecular weight excluding hydrogens is 283 g/mol. The van der Waals surface area contributed by atoms with Crippen molar-refractivity contribution in [3.05, 3.63) is 57.9 Å². The molecule has 2 rings (SSSR count). The fraction of sp³-hybridized carbons (Fsp3) is 0. The molecule has 0 aromatic heterocycles. The van der Waals surface area contributed by atoms with Crippen molar-refractivity contribution < 1.29 is 24.3 Å². The van der Waals surface area contributed by atoms with Crippen LogP contribution < -0.4 is 5.32 Å². The molecule has 0 fully saturated rings. The van der Waals surface area contributed by atoms with E-state index in [1.807, 2.05) is 0 Å². The van der Waals surface area contributed by atoms with Gasteiger partial charge in [-0.15, -0.1) is 0 Å². The molecule has 0 saturated heterocycles. The fourth-order valence-corrected chi connectivity index (χ4v) is 1.66. The number of nitro benzene ring substituents is 1. The first-order valence-corrected chi connectivity index (χ1v) is 5.66. The summed E-state index contributed by atoms with van der Waals surface area (Å²) in [6.45, 7) is 0. The number of nitrogens with one attached hydrogen (secondary N) is 1. The summed E-state index contributed by atoms with van der Waals surface area (Å²) in [5.74, 6) is -3.04. The lowest BCUT2D eigenvalue weighted by Gasteiger charge is -2.09. The lowest BCUT2D eigenvalue weighted by atomic mass is 10.1. The molecule has 2 aromatic rings. The molecule has 1 amide bonds. The molecular formula is C13H9FN2O5. The summed E-state index contributed by atoms with van der Waals surface area (Å²) in [5, 5.41) is 31.8. The predicted molar refractivity (Wildman–Crippen MR) is 70.8 cm³/mol. The number of carbonyl (C=O) groups excluding carboxylic acids is 1. The summed E-state index contributed by atoms with van der Waals surface area (Å²) in [4.78, 5) is 21.7.